The van der Waals surface area contributed by atoms with Gasteiger partial charge in [0.2, 0.25) is 5.16 Å². The van der Waals surface area contributed by atoms with E-state index < -0.39 is 0 Å². The van der Waals surface area contributed by atoms with E-state index in [9.17, 15) is 0 Å². The average Bonchev–Trinajstić information content (AvgIpc) is 3.08. The van der Waals surface area contributed by atoms with E-state index >= 15 is 0 Å². The number of tetrazole rings is 1. The summed E-state index contributed by atoms with van der Waals surface area (Å²) in [6.45, 7) is 1.87. The lowest BCUT2D eigenvalue weighted by atomic mass is 10.2. The molecule has 0 aliphatic carbocycles. The maximum atomic E-state index is 5.62. The molecule has 0 saturated carbocycles. The molecule has 6 nitrogen and oxygen atoms in total. The third-order valence-corrected chi connectivity index (χ3v) is 4.68. The van der Waals surface area contributed by atoms with Crippen LogP contribution in [0.4, 0.5) is 0 Å². The van der Waals surface area contributed by atoms with Gasteiger partial charge in [0, 0.05) is 5.75 Å². The summed E-state index contributed by atoms with van der Waals surface area (Å²) in [5.74, 6) is 2.39. The summed E-state index contributed by atoms with van der Waals surface area (Å²) in [5.41, 5.74) is 2.32. The molecule has 0 unspecified atom stereocenters. The van der Waals surface area contributed by atoms with E-state index in [1.807, 2.05) is 41.1 Å². The van der Waals surface area contributed by atoms with Gasteiger partial charge in [0.05, 0.1) is 6.54 Å². The van der Waals surface area contributed by atoms with E-state index in [1.165, 1.54) is 5.56 Å². The zero-order chi connectivity index (χ0) is 16.2. The number of thioether (sulfide) groups is 1. The molecule has 2 heterocycles. The van der Waals surface area contributed by atoms with E-state index in [0.29, 0.717) is 19.8 Å². The van der Waals surface area contributed by atoms with Crippen LogP contribution in [-0.4, -0.2) is 33.4 Å². The van der Waals surface area contributed by atoms with Crippen LogP contribution in [0.2, 0.25) is 0 Å². The fourth-order valence-electron chi connectivity index (χ4n) is 2.48. The zero-order valence-corrected chi connectivity index (χ0v) is 13.8. The van der Waals surface area contributed by atoms with Crippen LogP contribution in [-0.2, 0) is 12.3 Å². The molecule has 0 spiro atoms. The molecule has 122 valence electrons. The number of rotatable bonds is 5. The van der Waals surface area contributed by atoms with Crippen LogP contribution in [0.1, 0.15) is 11.1 Å². The Morgan fingerprint density at radius 3 is 2.67 bits per heavy atom. The molecule has 1 aliphatic rings. The maximum Gasteiger partial charge on any atom is 0.209 e. The van der Waals surface area contributed by atoms with Gasteiger partial charge in [-0.05, 0) is 33.7 Å². The largest absolute Gasteiger partial charge is 0.486 e. The van der Waals surface area contributed by atoms with Gasteiger partial charge in [-0.1, -0.05) is 48.2 Å². The van der Waals surface area contributed by atoms with Crippen molar-refractivity contribution in [2.45, 2.75) is 17.5 Å². The van der Waals surface area contributed by atoms with Gasteiger partial charge in [-0.2, -0.15) is 0 Å². The number of aromatic nitrogens is 4. The van der Waals surface area contributed by atoms with Crippen LogP contribution in [0.25, 0.3) is 0 Å². The number of fused-ring (bicyclic) bond motifs is 1. The molecule has 0 amide bonds. The van der Waals surface area contributed by atoms with E-state index in [4.69, 9.17) is 9.47 Å². The van der Waals surface area contributed by atoms with Gasteiger partial charge >= 0.3 is 0 Å². The Labute approximate surface area is 143 Å². The van der Waals surface area contributed by atoms with Crippen LogP contribution in [0, 0.1) is 0 Å². The second kappa shape index (κ2) is 6.92. The van der Waals surface area contributed by atoms with Crippen LogP contribution < -0.4 is 9.47 Å². The first-order valence-electron chi connectivity index (χ1n) is 7.70. The Morgan fingerprint density at radius 2 is 1.79 bits per heavy atom. The van der Waals surface area contributed by atoms with Gasteiger partial charge in [-0.25, -0.2) is 4.68 Å². The maximum absolute atomic E-state index is 5.62. The molecular weight excluding hydrogens is 324 g/mol. The van der Waals surface area contributed by atoms with Gasteiger partial charge in [0.15, 0.2) is 11.5 Å². The van der Waals surface area contributed by atoms with Gasteiger partial charge < -0.3 is 9.47 Å². The summed E-state index contributed by atoms with van der Waals surface area (Å²) in [5, 5.41) is 12.8. The number of benzene rings is 2. The molecular formula is C17H16N4O2S. The van der Waals surface area contributed by atoms with Crippen LogP contribution in [0.5, 0.6) is 11.5 Å². The monoisotopic (exact) mass is 340 g/mol. The molecule has 7 heteroatoms. The first-order chi connectivity index (χ1) is 11.9. The third kappa shape index (κ3) is 3.35. The summed E-state index contributed by atoms with van der Waals surface area (Å²) >= 11 is 1.61. The lowest BCUT2D eigenvalue weighted by Gasteiger charge is -2.18. The zero-order valence-electron chi connectivity index (χ0n) is 13.0. The standard InChI is InChI=1S/C17H16N4O2S/c1-2-4-13(5-3-1)11-21-17(18-19-20-21)24-12-14-6-7-15-16(10-14)23-9-8-22-15/h1-7,10H,8-9,11-12H2. The van der Waals surface area contributed by atoms with Crippen LogP contribution >= 0.6 is 11.8 Å². The topological polar surface area (TPSA) is 62.1 Å². The van der Waals surface area contributed by atoms with Crippen molar-refractivity contribution in [3.8, 4) is 11.5 Å². The highest BCUT2D eigenvalue weighted by atomic mass is 32.2. The summed E-state index contributed by atoms with van der Waals surface area (Å²) < 4.78 is 13.0. The SMILES string of the molecule is c1ccc(Cn2nnnc2SCc2ccc3c(c2)OCCO3)cc1. The summed E-state index contributed by atoms with van der Waals surface area (Å²) in [4.78, 5) is 0. The Bertz CT molecular complexity index is 822. The highest BCUT2D eigenvalue weighted by Gasteiger charge is 2.13. The van der Waals surface area contributed by atoms with E-state index in [2.05, 4.69) is 27.7 Å². The number of ether oxygens (including phenoxy) is 2. The van der Waals surface area contributed by atoms with E-state index in [0.717, 1.165) is 28.0 Å². The van der Waals surface area contributed by atoms with Crippen molar-refractivity contribution < 1.29 is 9.47 Å². The minimum atomic E-state index is 0.596. The number of hydrogen-bond donors (Lipinski definition) is 0. The molecule has 2 aromatic carbocycles. The predicted molar refractivity (Wildman–Crippen MR) is 90.4 cm³/mol. The first-order valence-corrected chi connectivity index (χ1v) is 8.68. The smallest absolute Gasteiger partial charge is 0.209 e. The quantitative estimate of drug-likeness (QED) is 0.666. The minimum Gasteiger partial charge on any atom is -0.486 e. The van der Waals surface area contributed by atoms with Crippen molar-refractivity contribution in [1.82, 2.24) is 20.2 Å². The molecule has 4 rings (SSSR count). The van der Waals surface area contributed by atoms with Crippen molar-refractivity contribution >= 4 is 11.8 Å². The van der Waals surface area contributed by atoms with Crippen molar-refractivity contribution in [2.75, 3.05) is 13.2 Å². The molecule has 0 saturated heterocycles. The Morgan fingerprint density at radius 1 is 0.958 bits per heavy atom. The van der Waals surface area contributed by atoms with Crippen molar-refractivity contribution in [3.63, 3.8) is 0 Å². The summed E-state index contributed by atoms with van der Waals surface area (Å²) in [7, 11) is 0. The van der Waals surface area contributed by atoms with Crippen molar-refractivity contribution in [2.24, 2.45) is 0 Å². The van der Waals surface area contributed by atoms with Crippen LogP contribution in [0.15, 0.2) is 53.7 Å². The van der Waals surface area contributed by atoms with E-state index in [-0.39, 0.29) is 0 Å². The van der Waals surface area contributed by atoms with Crippen molar-refractivity contribution in [3.05, 3.63) is 59.7 Å². The Balaban J connectivity index is 1.44. The van der Waals surface area contributed by atoms with Crippen molar-refractivity contribution in [1.29, 1.82) is 0 Å². The highest BCUT2D eigenvalue weighted by molar-refractivity contribution is 7.98. The molecule has 1 aromatic heterocycles. The normalized spacial score (nSPS) is 13.0. The van der Waals surface area contributed by atoms with Crippen LogP contribution in [0.3, 0.4) is 0 Å². The molecule has 0 radical (unpaired) electrons. The molecule has 0 N–H and O–H groups in total. The van der Waals surface area contributed by atoms with Gasteiger partial charge in [-0.15, -0.1) is 5.10 Å². The fraction of sp³-hybridized carbons (Fsp3) is 0.235. The number of nitrogens with zero attached hydrogens (tertiary/aromatic N) is 4. The highest BCUT2D eigenvalue weighted by Crippen LogP contribution is 2.32. The summed E-state index contributed by atoms with van der Waals surface area (Å²) in [6, 6.07) is 16.2. The molecule has 0 atom stereocenters. The molecule has 0 bridgehead atoms. The lowest BCUT2D eigenvalue weighted by Crippen LogP contribution is -2.15. The predicted octanol–water partition coefficient (Wildman–Crippen LogP) is 2.78. The van der Waals surface area contributed by atoms with Gasteiger partial charge in [-0.3, -0.25) is 0 Å². The Kier molecular flexibility index (Phi) is 4.33. The van der Waals surface area contributed by atoms with Gasteiger partial charge in [0.25, 0.3) is 0 Å². The fourth-order valence-corrected chi connectivity index (χ4v) is 3.30. The number of hydrogen-bond acceptors (Lipinski definition) is 6. The van der Waals surface area contributed by atoms with E-state index in [1.54, 1.807) is 11.8 Å². The molecule has 1 aliphatic heterocycles. The second-order valence-corrected chi connectivity index (χ2v) is 6.31. The first kappa shape index (κ1) is 15.0. The Hall–Kier alpha value is -2.54. The third-order valence-electron chi connectivity index (χ3n) is 3.65. The second-order valence-electron chi connectivity index (χ2n) is 5.37. The average molecular weight is 340 g/mol. The lowest BCUT2D eigenvalue weighted by molar-refractivity contribution is 0.171. The molecule has 3 aromatic rings. The van der Waals surface area contributed by atoms with Gasteiger partial charge in [0.1, 0.15) is 13.2 Å². The molecule has 24 heavy (non-hydrogen) atoms. The summed E-state index contributed by atoms with van der Waals surface area (Å²) in [6.07, 6.45) is 0. The molecule has 0 fully saturated rings. The minimum absolute atomic E-state index is 0.596.